The molecular formula is C19H21F6N5O6P2S. The van der Waals surface area contributed by atoms with E-state index in [4.69, 9.17) is 15.2 Å². The molecule has 2 atom stereocenters. The number of ether oxygens (including phenoxy) is 2. The van der Waals surface area contributed by atoms with Crippen LogP contribution in [-0.4, -0.2) is 73.3 Å². The molecule has 0 aliphatic heterocycles. The zero-order valence-corrected chi connectivity index (χ0v) is 22.4. The van der Waals surface area contributed by atoms with Gasteiger partial charge >= 0.3 is 12.4 Å². The van der Waals surface area contributed by atoms with Gasteiger partial charge < -0.3 is 29.6 Å². The summed E-state index contributed by atoms with van der Waals surface area (Å²) >= 11 is 1.15. The van der Waals surface area contributed by atoms with Gasteiger partial charge in [-0.15, -0.1) is 0 Å². The van der Waals surface area contributed by atoms with Gasteiger partial charge in [-0.05, 0) is 18.2 Å². The van der Waals surface area contributed by atoms with E-state index in [1.165, 1.54) is 18.0 Å². The number of aromatic nitrogens is 4. The van der Waals surface area contributed by atoms with E-state index in [1.807, 2.05) is 0 Å². The van der Waals surface area contributed by atoms with Gasteiger partial charge in [-0.3, -0.25) is 9.13 Å². The Morgan fingerprint density at radius 3 is 2.26 bits per heavy atom. The molecule has 11 nitrogen and oxygen atoms in total. The minimum absolute atomic E-state index is 0.0954. The smallest absolute Gasteiger partial charge is 0.398 e. The van der Waals surface area contributed by atoms with Gasteiger partial charge in [0.25, 0.3) is 0 Å². The molecule has 0 spiro atoms. The van der Waals surface area contributed by atoms with Crippen molar-refractivity contribution in [2.24, 2.45) is 0 Å². The van der Waals surface area contributed by atoms with Gasteiger partial charge in [0.2, 0.25) is 26.3 Å². The van der Waals surface area contributed by atoms with Crippen molar-refractivity contribution in [3.63, 3.8) is 0 Å². The van der Waals surface area contributed by atoms with E-state index < -0.39 is 58.2 Å². The van der Waals surface area contributed by atoms with E-state index >= 15 is 0 Å². The molecule has 3 rings (SSSR count). The van der Waals surface area contributed by atoms with Crippen LogP contribution in [0, 0.1) is 0 Å². The number of nitrogen functional groups attached to an aromatic ring is 1. The van der Waals surface area contributed by atoms with Gasteiger partial charge in [-0.25, -0.2) is 9.97 Å². The van der Waals surface area contributed by atoms with Crippen LogP contribution in [0.4, 0.5) is 32.3 Å². The zero-order valence-electron chi connectivity index (χ0n) is 19.8. The molecular weight excluding hydrogens is 602 g/mol. The summed E-state index contributed by atoms with van der Waals surface area (Å²) in [6, 6.07) is 6.91. The number of hydrogen-bond donors (Lipinski definition) is 3. The quantitative estimate of drug-likeness (QED) is 0.156. The molecule has 3 aromatic rings. The van der Waals surface area contributed by atoms with Crippen molar-refractivity contribution in [1.29, 1.82) is 0 Å². The Kier molecular flexibility index (Phi) is 9.30. The van der Waals surface area contributed by atoms with Crippen LogP contribution in [0.5, 0.6) is 5.75 Å². The molecule has 0 radical (unpaired) electrons. The summed E-state index contributed by atoms with van der Waals surface area (Å²) in [5, 5.41) is 0.304. The predicted molar refractivity (Wildman–Crippen MR) is 128 cm³/mol. The maximum Gasteiger partial charge on any atom is 0.398 e. The molecule has 2 heterocycles. The van der Waals surface area contributed by atoms with Gasteiger partial charge in [0.1, 0.15) is 28.6 Å². The first-order chi connectivity index (χ1) is 17.9. The second kappa shape index (κ2) is 11.6. The van der Waals surface area contributed by atoms with Gasteiger partial charge in [-0.2, -0.15) is 31.3 Å². The fourth-order valence-electron chi connectivity index (χ4n) is 3.39. The maximum atomic E-state index is 12.8. The Labute approximate surface area is 220 Å². The summed E-state index contributed by atoms with van der Waals surface area (Å²) in [5.41, 5.74) is 2.97. The number of hydrogen-bond acceptors (Lipinski definition) is 9. The first-order valence-electron chi connectivity index (χ1n) is 10.6. The minimum atomic E-state index is -5.79. The Bertz CT molecular complexity index is 1390. The molecule has 0 fully saturated rings. The summed E-state index contributed by atoms with van der Waals surface area (Å²) < 4.78 is 113. The topological polar surface area (TPSA) is 163 Å². The fourth-order valence-corrected chi connectivity index (χ4v) is 9.07. The summed E-state index contributed by atoms with van der Waals surface area (Å²) in [4.78, 5) is 32.8. The molecule has 2 aromatic heterocycles. The second-order valence-corrected chi connectivity index (χ2v) is 14.1. The minimum Gasteiger partial charge on any atom is -0.497 e. The number of benzene rings is 1. The lowest BCUT2D eigenvalue weighted by atomic mass is 10.3. The average molecular weight is 623 g/mol. The number of imidazole rings is 1. The van der Waals surface area contributed by atoms with E-state index in [0.717, 1.165) is 11.8 Å². The van der Waals surface area contributed by atoms with Gasteiger partial charge in [-0.1, -0.05) is 17.8 Å². The lowest BCUT2D eigenvalue weighted by molar-refractivity contribution is -0.108. The standard InChI is InChI=1S/C19H21F6N5O6P2S/c1-35-11-3-2-4-12(7-11)39-15-13-14(28-16(26)29-15)30(10-27-13)5-6-36-17(37(31,32)8-18(20,21)22)38(33,34)9-19(23,24)25/h2-4,7,10,17H,5-6,8-9H2,1H3,(H,31,32)(H,33,34)(H2,26,28,29). The van der Waals surface area contributed by atoms with Crippen LogP contribution in [0.15, 0.2) is 40.5 Å². The number of anilines is 1. The van der Waals surface area contributed by atoms with Crippen LogP contribution in [0.2, 0.25) is 0 Å². The fraction of sp³-hybridized carbons (Fsp3) is 0.421. The molecule has 0 aliphatic rings. The van der Waals surface area contributed by atoms with Crippen LogP contribution in [0.3, 0.4) is 0 Å². The largest absolute Gasteiger partial charge is 0.497 e. The van der Waals surface area contributed by atoms with Crippen LogP contribution in [-0.2, 0) is 20.4 Å². The van der Waals surface area contributed by atoms with E-state index in [1.54, 1.807) is 24.3 Å². The van der Waals surface area contributed by atoms with Crippen molar-refractivity contribution in [2.75, 3.05) is 31.8 Å². The van der Waals surface area contributed by atoms with Gasteiger partial charge in [0.05, 0.1) is 20.0 Å². The number of halogens is 6. The highest BCUT2D eigenvalue weighted by molar-refractivity contribution is 7.99. The molecule has 216 valence electrons. The van der Waals surface area contributed by atoms with Gasteiger partial charge in [0.15, 0.2) is 5.65 Å². The van der Waals surface area contributed by atoms with Crippen LogP contribution >= 0.6 is 26.5 Å². The number of rotatable bonds is 11. The Balaban J connectivity index is 1.85. The SMILES string of the molecule is COc1cccc(Sc2nc(N)nc3c2ncn3CCOC(P(=O)(O)CC(F)(F)F)P(=O)(O)CC(F)(F)F)c1. The van der Waals surface area contributed by atoms with Crippen LogP contribution in [0.25, 0.3) is 11.2 Å². The summed E-state index contributed by atoms with van der Waals surface area (Å²) in [6.45, 7) is -1.24. The summed E-state index contributed by atoms with van der Waals surface area (Å²) in [7, 11) is -10.1. The first-order valence-corrected chi connectivity index (χ1v) is 15.2. The second-order valence-electron chi connectivity index (χ2n) is 8.03. The number of fused-ring (bicyclic) bond motifs is 1. The number of nitrogens with zero attached hydrogens (tertiary/aromatic N) is 4. The molecule has 0 amide bonds. The molecule has 0 saturated heterocycles. The van der Waals surface area contributed by atoms with Crippen molar-refractivity contribution in [1.82, 2.24) is 19.5 Å². The molecule has 0 aliphatic carbocycles. The van der Waals surface area contributed by atoms with E-state index in [-0.39, 0.29) is 17.1 Å². The third-order valence-electron chi connectivity index (χ3n) is 4.81. The Hall–Kier alpha value is -2.36. The van der Waals surface area contributed by atoms with Crippen molar-refractivity contribution in [3.8, 4) is 5.75 Å². The van der Waals surface area contributed by atoms with Crippen molar-refractivity contribution >= 4 is 43.6 Å². The van der Waals surface area contributed by atoms with Crippen molar-refractivity contribution < 1.29 is 54.7 Å². The molecule has 0 saturated carbocycles. The molecule has 20 heteroatoms. The summed E-state index contributed by atoms with van der Waals surface area (Å²) in [6.07, 6.45) is -14.5. The average Bonchev–Trinajstić information content (AvgIpc) is 3.16. The van der Waals surface area contributed by atoms with Crippen molar-refractivity contribution in [2.45, 2.75) is 34.4 Å². The van der Waals surface area contributed by atoms with Crippen LogP contribution < -0.4 is 10.5 Å². The third kappa shape index (κ3) is 8.56. The maximum absolute atomic E-state index is 12.8. The lowest BCUT2D eigenvalue weighted by Gasteiger charge is -2.28. The first kappa shape index (κ1) is 31.2. The van der Waals surface area contributed by atoms with Crippen molar-refractivity contribution in [3.05, 3.63) is 30.6 Å². The number of alkyl halides is 6. The zero-order chi connectivity index (χ0) is 29.2. The molecule has 4 N–H and O–H groups in total. The highest BCUT2D eigenvalue weighted by Crippen LogP contribution is 2.67. The van der Waals surface area contributed by atoms with E-state index in [9.17, 15) is 45.3 Å². The Morgan fingerprint density at radius 1 is 1.08 bits per heavy atom. The Morgan fingerprint density at radius 2 is 1.69 bits per heavy atom. The molecule has 2 unspecified atom stereocenters. The summed E-state index contributed by atoms with van der Waals surface area (Å²) in [5.74, 6) is 0.373. The molecule has 0 bridgehead atoms. The molecule has 39 heavy (non-hydrogen) atoms. The van der Waals surface area contributed by atoms with Crippen LogP contribution in [0.1, 0.15) is 0 Å². The number of nitrogens with two attached hydrogens (primary N) is 1. The normalized spacial score (nSPS) is 16.5. The van der Waals surface area contributed by atoms with Gasteiger partial charge in [0, 0.05) is 11.4 Å². The highest BCUT2D eigenvalue weighted by atomic mass is 32.2. The predicted octanol–water partition coefficient (Wildman–Crippen LogP) is 4.53. The molecule has 1 aromatic carbocycles. The highest BCUT2D eigenvalue weighted by Gasteiger charge is 2.54. The number of methoxy groups -OCH3 is 1. The van der Waals surface area contributed by atoms with E-state index in [2.05, 4.69) is 15.0 Å². The lowest BCUT2D eigenvalue weighted by Crippen LogP contribution is -2.27. The van der Waals surface area contributed by atoms with E-state index in [0.29, 0.717) is 15.7 Å². The monoisotopic (exact) mass is 623 g/mol. The third-order valence-corrected chi connectivity index (χ3v) is 11.2.